The molecule has 0 heterocycles. The van der Waals surface area contributed by atoms with Gasteiger partial charge in [-0.3, -0.25) is 0 Å². The summed E-state index contributed by atoms with van der Waals surface area (Å²) < 4.78 is 0. The molecule has 4 nitrogen and oxygen atoms in total. The van der Waals surface area contributed by atoms with E-state index < -0.39 is 5.97 Å². The van der Waals surface area contributed by atoms with Crippen molar-refractivity contribution < 1.29 is 9.90 Å². The minimum absolute atomic E-state index is 0.156. The average molecular weight is 320 g/mol. The predicted octanol–water partition coefficient (Wildman–Crippen LogP) is 3.45. The van der Waals surface area contributed by atoms with Gasteiger partial charge < -0.3 is 16.2 Å². The first-order valence-corrected chi connectivity index (χ1v) is 7.95. The number of rotatable bonds is 6. The van der Waals surface area contributed by atoms with Crippen molar-refractivity contribution in [2.24, 2.45) is 0 Å². The van der Waals surface area contributed by atoms with Gasteiger partial charge in [0.1, 0.15) is 0 Å². The fraction of sp³-hybridized carbons (Fsp3) is 0.150. The molecule has 3 aromatic carbocycles. The second kappa shape index (κ2) is 7.15. The van der Waals surface area contributed by atoms with Gasteiger partial charge >= 0.3 is 5.97 Å². The van der Waals surface area contributed by atoms with E-state index in [0.717, 1.165) is 18.5 Å². The number of hydrogen-bond acceptors (Lipinski definition) is 3. The van der Waals surface area contributed by atoms with E-state index in [1.165, 1.54) is 22.4 Å². The standard InChI is InChI=1S/C20H20N2O2/c21-19-16(8-4-10-18(19)20(23)24)13-22-12-11-15-7-3-6-14-5-1-2-9-17(14)15/h1-10,22H,11-13,21H2,(H,23,24). The number of carboxylic acid groups (broad SMARTS) is 1. The monoisotopic (exact) mass is 320 g/mol. The van der Waals surface area contributed by atoms with Gasteiger partial charge in [0.2, 0.25) is 0 Å². The Kier molecular flexibility index (Phi) is 4.77. The highest BCUT2D eigenvalue weighted by Crippen LogP contribution is 2.19. The third-order valence-electron chi connectivity index (χ3n) is 4.19. The number of nitrogen functional groups attached to an aromatic ring is 1. The van der Waals surface area contributed by atoms with Crippen LogP contribution in [-0.2, 0) is 13.0 Å². The van der Waals surface area contributed by atoms with Gasteiger partial charge in [0.05, 0.1) is 11.3 Å². The number of anilines is 1. The molecule has 3 rings (SSSR count). The highest BCUT2D eigenvalue weighted by Gasteiger charge is 2.10. The van der Waals surface area contributed by atoms with Gasteiger partial charge in [-0.25, -0.2) is 4.79 Å². The Bertz CT molecular complexity index is 869. The molecule has 0 radical (unpaired) electrons. The summed E-state index contributed by atoms with van der Waals surface area (Å²) in [7, 11) is 0. The molecule has 0 saturated carbocycles. The van der Waals surface area contributed by atoms with Crippen LogP contribution in [0, 0.1) is 0 Å². The summed E-state index contributed by atoms with van der Waals surface area (Å²) in [4.78, 5) is 11.1. The molecule has 0 aromatic heterocycles. The molecule has 122 valence electrons. The Labute approximate surface area is 140 Å². The Morgan fingerprint density at radius 1 is 0.958 bits per heavy atom. The van der Waals surface area contributed by atoms with Crippen LogP contribution in [0.2, 0.25) is 0 Å². The molecule has 0 unspecified atom stereocenters. The van der Waals surface area contributed by atoms with E-state index in [1.54, 1.807) is 6.07 Å². The van der Waals surface area contributed by atoms with Crippen molar-refractivity contribution in [2.45, 2.75) is 13.0 Å². The Morgan fingerprint density at radius 3 is 2.50 bits per heavy atom. The quantitative estimate of drug-likeness (QED) is 0.480. The zero-order valence-corrected chi connectivity index (χ0v) is 13.3. The fourth-order valence-corrected chi connectivity index (χ4v) is 2.91. The zero-order chi connectivity index (χ0) is 16.9. The average Bonchev–Trinajstić information content (AvgIpc) is 2.59. The van der Waals surface area contributed by atoms with E-state index in [4.69, 9.17) is 10.8 Å². The molecule has 0 aliphatic rings. The van der Waals surface area contributed by atoms with Crippen LogP contribution in [0.3, 0.4) is 0 Å². The second-order valence-electron chi connectivity index (χ2n) is 5.75. The Morgan fingerprint density at radius 2 is 1.67 bits per heavy atom. The van der Waals surface area contributed by atoms with Crippen molar-refractivity contribution in [3.63, 3.8) is 0 Å². The van der Waals surface area contributed by atoms with Crippen molar-refractivity contribution >= 4 is 22.4 Å². The number of para-hydroxylation sites is 1. The lowest BCUT2D eigenvalue weighted by Crippen LogP contribution is -2.18. The van der Waals surface area contributed by atoms with E-state index >= 15 is 0 Å². The molecule has 0 saturated heterocycles. The lowest BCUT2D eigenvalue weighted by atomic mass is 10.0. The fourth-order valence-electron chi connectivity index (χ4n) is 2.91. The number of aromatic carboxylic acids is 1. The van der Waals surface area contributed by atoms with Crippen molar-refractivity contribution in [2.75, 3.05) is 12.3 Å². The molecule has 4 N–H and O–H groups in total. The maximum absolute atomic E-state index is 11.1. The van der Waals surface area contributed by atoms with Gasteiger partial charge in [0, 0.05) is 6.54 Å². The first-order chi connectivity index (χ1) is 11.7. The van der Waals surface area contributed by atoms with E-state index in [1.807, 2.05) is 12.1 Å². The van der Waals surface area contributed by atoms with Crippen molar-refractivity contribution in [1.82, 2.24) is 5.32 Å². The molecular formula is C20H20N2O2. The molecule has 4 heteroatoms. The first kappa shape index (κ1) is 16.0. The molecule has 24 heavy (non-hydrogen) atoms. The topological polar surface area (TPSA) is 75.3 Å². The minimum atomic E-state index is -0.995. The molecule has 0 fully saturated rings. The third-order valence-corrected chi connectivity index (χ3v) is 4.19. The summed E-state index contributed by atoms with van der Waals surface area (Å²) in [6.07, 6.45) is 0.903. The number of hydrogen-bond donors (Lipinski definition) is 3. The summed E-state index contributed by atoms with van der Waals surface area (Å²) in [6, 6.07) is 19.8. The molecule has 0 bridgehead atoms. The predicted molar refractivity (Wildman–Crippen MR) is 97.2 cm³/mol. The summed E-state index contributed by atoms with van der Waals surface area (Å²) in [5, 5.41) is 15.0. The molecular weight excluding hydrogens is 300 g/mol. The van der Waals surface area contributed by atoms with E-state index in [2.05, 4.69) is 41.7 Å². The van der Waals surface area contributed by atoms with E-state index in [9.17, 15) is 4.79 Å². The molecule has 0 amide bonds. The van der Waals surface area contributed by atoms with Gasteiger partial charge in [-0.2, -0.15) is 0 Å². The molecule has 0 aliphatic carbocycles. The molecule has 0 spiro atoms. The number of carboxylic acids is 1. The van der Waals surface area contributed by atoms with Gasteiger partial charge in [-0.1, -0.05) is 54.6 Å². The summed E-state index contributed by atoms with van der Waals surface area (Å²) in [5.41, 5.74) is 8.53. The van der Waals surface area contributed by atoms with Gasteiger partial charge in [0.25, 0.3) is 0 Å². The number of fused-ring (bicyclic) bond motifs is 1. The number of nitrogens with one attached hydrogen (secondary N) is 1. The lowest BCUT2D eigenvalue weighted by Gasteiger charge is -2.11. The summed E-state index contributed by atoms with van der Waals surface area (Å²) >= 11 is 0. The maximum atomic E-state index is 11.1. The van der Waals surface area contributed by atoms with Crippen LogP contribution >= 0.6 is 0 Å². The van der Waals surface area contributed by atoms with Crippen LogP contribution in [0.15, 0.2) is 60.7 Å². The molecule has 3 aromatic rings. The largest absolute Gasteiger partial charge is 0.478 e. The second-order valence-corrected chi connectivity index (χ2v) is 5.75. The first-order valence-electron chi connectivity index (χ1n) is 7.95. The summed E-state index contributed by atoms with van der Waals surface area (Å²) in [6.45, 7) is 1.35. The Hall–Kier alpha value is -2.85. The highest BCUT2D eigenvalue weighted by atomic mass is 16.4. The number of carbonyl (C=O) groups is 1. The van der Waals surface area contributed by atoms with Crippen LogP contribution in [0.5, 0.6) is 0 Å². The zero-order valence-electron chi connectivity index (χ0n) is 13.3. The highest BCUT2D eigenvalue weighted by molar-refractivity contribution is 5.94. The number of nitrogens with two attached hydrogens (primary N) is 1. The number of benzene rings is 3. The van der Waals surface area contributed by atoms with Gasteiger partial charge in [0.15, 0.2) is 0 Å². The van der Waals surface area contributed by atoms with Crippen molar-refractivity contribution in [1.29, 1.82) is 0 Å². The Balaban J connectivity index is 1.63. The molecule has 0 aliphatic heterocycles. The van der Waals surface area contributed by atoms with E-state index in [-0.39, 0.29) is 5.56 Å². The van der Waals surface area contributed by atoms with Crippen molar-refractivity contribution in [3.8, 4) is 0 Å². The smallest absolute Gasteiger partial charge is 0.337 e. The van der Waals surface area contributed by atoms with E-state index in [0.29, 0.717) is 12.2 Å². The van der Waals surface area contributed by atoms with Crippen LogP contribution in [0.1, 0.15) is 21.5 Å². The van der Waals surface area contributed by atoms with Crippen LogP contribution in [0.25, 0.3) is 10.8 Å². The van der Waals surface area contributed by atoms with Crippen LogP contribution < -0.4 is 11.1 Å². The third kappa shape index (κ3) is 3.39. The lowest BCUT2D eigenvalue weighted by molar-refractivity contribution is 0.0698. The van der Waals surface area contributed by atoms with Crippen molar-refractivity contribution in [3.05, 3.63) is 77.4 Å². The van der Waals surface area contributed by atoms with Crippen LogP contribution in [-0.4, -0.2) is 17.6 Å². The maximum Gasteiger partial charge on any atom is 0.337 e. The SMILES string of the molecule is Nc1c(CNCCc2cccc3ccccc23)cccc1C(=O)O. The van der Waals surface area contributed by atoms with Gasteiger partial charge in [-0.05, 0) is 40.9 Å². The van der Waals surface area contributed by atoms with Gasteiger partial charge in [-0.15, -0.1) is 0 Å². The van der Waals surface area contributed by atoms with Crippen LogP contribution in [0.4, 0.5) is 5.69 Å². The minimum Gasteiger partial charge on any atom is -0.478 e. The molecule has 0 atom stereocenters. The summed E-state index contributed by atoms with van der Waals surface area (Å²) in [5.74, 6) is -0.995. The normalized spacial score (nSPS) is 10.8.